The van der Waals surface area contributed by atoms with Gasteiger partial charge >= 0.3 is 5.97 Å². The molecule has 0 N–H and O–H groups in total. The molecule has 0 atom stereocenters. The SMILES string of the molecule is CCOC(=O)CN1CSc2nnc(-c3ccccc3C)n2C1. The number of nitrogens with zero attached hydrogens (tertiary/aromatic N) is 4. The molecule has 116 valence electrons. The summed E-state index contributed by atoms with van der Waals surface area (Å²) in [7, 11) is 0. The molecule has 1 aliphatic heterocycles. The fourth-order valence-corrected chi connectivity index (χ4v) is 3.29. The van der Waals surface area contributed by atoms with E-state index in [1.54, 1.807) is 11.8 Å². The number of thioether (sulfide) groups is 1. The van der Waals surface area contributed by atoms with E-state index in [9.17, 15) is 4.79 Å². The summed E-state index contributed by atoms with van der Waals surface area (Å²) in [5.74, 6) is 1.36. The Hall–Kier alpha value is -1.86. The molecule has 0 aliphatic carbocycles. The van der Waals surface area contributed by atoms with Gasteiger partial charge in [0.15, 0.2) is 11.0 Å². The van der Waals surface area contributed by atoms with Crippen LogP contribution < -0.4 is 0 Å². The van der Waals surface area contributed by atoms with E-state index in [1.165, 1.54) is 0 Å². The van der Waals surface area contributed by atoms with Crippen molar-refractivity contribution in [2.24, 2.45) is 0 Å². The number of aryl methyl sites for hydroxylation is 1. The first-order chi connectivity index (χ1) is 10.7. The maximum atomic E-state index is 11.7. The van der Waals surface area contributed by atoms with Crippen molar-refractivity contribution in [1.29, 1.82) is 0 Å². The Labute approximate surface area is 133 Å². The molecule has 1 aromatic carbocycles. The summed E-state index contributed by atoms with van der Waals surface area (Å²) in [6, 6.07) is 8.11. The van der Waals surface area contributed by atoms with Gasteiger partial charge in [-0.3, -0.25) is 14.3 Å². The normalized spacial score (nSPS) is 14.6. The summed E-state index contributed by atoms with van der Waals surface area (Å²) < 4.78 is 7.07. The number of carbonyl (C=O) groups is 1. The number of benzene rings is 1. The monoisotopic (exact) mass is 318 g/mol. The lowest BCUT2D eigenvalue weighted by Crippen LogP contribution is -2.35. The van der Waals surface area contributed by atoms with Gasteiger partial charge in [-0.1, -0.05) is 36.0 Å². The number of carbonyl (C=O) groups excluding carboxylic acids is 1. The molecule has 0 saturated carbocycles. The van der Waals surface area contributed by atoms with E-state index in [4.69, 9.17) is 4.74 Å². The first-order valence-corrected chi connectivity index (χ1v) is 8.17. The molecule has 2 heterocycles. The molecule has 3 rings (SSSR count). The van der Waals surface area contributed by atoms with Crippen LogP contribution in [-0.4, -0.2) is 44.7 Å². The van der Waals surface area contributed by atoms with E-state index >= 15 is 0 Å². The van der Waals surface area contributed by atoms with Crippen LogP contribution in [0.3, 0.4) is 0 Å². The highest BCUT2D eigenvalue weighted by molar-refractivity contribution is 7.99. The van der Waals surface area contributed by atoms with E-state index in [2.05, 4.69) is 27.8 Å². The van der Waals surface area contributed by atoms with Gasteiger partial charge in [-0.05, 0) is 19.4 Å². The molecule has 7 heteroatoms. The molecule has 0 saturated heterocycles. The second kappa shape index (κ2) is 6.50. The van der Waals surface area contributed by atoms with Crippen LogP contribution in [0, 0.1) is 6.92 Å². The number of rotatable bonds is 4. The predicted octanol–water partition coefficient (Wildman–Crippen LogP) is 2.14. The lowest BCUT2D eigenvalue weighted by atomic mass is 10.1. The maximum absolute atomic E-state index is 11.7. The van der Waals surface area contributed by atoms with Crippen molar-refractivity contribution in [3.05, 3.63) is 29.8 Å². The standard InChI is InChI=1S/C15H18N4O2S/c1-3-21-13(20)8-18-9-19-14(16-17-15(19)22-10-18)12-7-5-4-6-11(12)2/h4-7H,3,8-10H2,1-2H3. The Morgan fingerprint density at radius 2 is 2.18 bits per heavy atom. The summed E-state index contributed by atoms with van der Waals surface area (Å²) in [6.45, 7) is 5.16. The molecule has 0 fully saturated rings. The first kappa shape index (κ1) is 15.1. The molecule has 0 bridgehead atoms. The quantitative estimate of drug-likeness (QED) is 0.805. The van der Waals surface area contributed by atoms with Crippen LogP contribution in [0.25, 0.3) is 11.4 Å². The van der Waals surface area contributed by atoms with Crippen molar-refractivity contribution in [3.8, 4) is 11.4 Å². The average molecular weight is 318 g/mol. The number of fused-ring (bicyclic) bond motifs is 1. The Kier molecular flexibility index (Phi) is 4.44. The zero-order chi connectivity index (χ0) is 15.5. The smallest absolute Gasteiger partial charge is 0.320 e. The lowest BCUT2D eigenvalue weighted by molar-refractivity contribution is -0.144. The Morgan fingerprint density at radius 1 is 1.36 bits per heavy atom. The molecule has 22 heavy (non-hydrogen) atoms. The number of hydrogen-bond donors (Lipinski definition) is 0. The Balaban J connectivity index is 1.83. The molecule has 6 nitrogen and oxygen atoms in total. The van der Waals surface area contributed by atoms with E-state index in [0.717, 1.165) is 22.1 Å². The van der Waals surface area contributed by atoms with Crippen molar-refractivity contribution in [1.82, 2.24) is 19.7 Å². The molecular formula is C15H18N4O2S. The van der Waals surface area contributed by atoms with E-state index < -0.39 is 0 Å². The van der Waals surface area contributed by atoms with Crippen LogP contribution in [0.5, 0.6) is 0 Å². The number of ether oxygens (including phenoxy) is 1. The van der Waals surface area contributed by atoms with Gasteiger partial charge < -0.3 is 4.74 Å². The van der Waals surface area contributed by atoms with Gasteiger partial charge in [-0.15, -0.1) is 10.2 Å². The predicted molar refractivity (Wildman–Crippen MR) is 84.3 cm³/mol. The van der Waals surface area contributed by atoms with Crippen molar-refractivity contribution >= 4 is 17.7 Å². The van der Waals surface area contributed by atoms with Crippen LogP contribution in [0.2, 0.25) is 0 Å². The van der Waals surface area contributed by atoms with Crippen molar-refractivity contribution in [2.75, 3.05) is 19.0 Å². The molecule has 0 unspecified atom stereocenters. The van der Waals surface area contributed by atoms with E-state index in [1.807, 2.05) is 30.0 Å². The molecule has 0 radical (unpaired) electrons. The van der Waals surface area contributed by atoms with Crippen LogP contribution in [0.15, 0.2) is 29.4 Å². The Bertz CT molecular complexity index is 686. The topological polar surface area (TPSA) is 60.2 Å². The van der Waals surface area contributed by atoms with Gasteiger partial charge in [0.1, 0.15) is 0 Å². The highest BCUT2D eigenvalue weighted by Crippen LogP contribution is 2.30. The second-order valence-corrected chi connectivity index (χ2v) is 6.01. The van der Waals surface area contributed by atoms with Crippen LogP contribution in [0.1, 0.15) is 12.5 Å². The summed E-state index contributed by atoms with van der Waals surface area (Å²) in [5.41, 5.74) is 2.23. The first-order valence-electron chi connectivity index (χ1n) is 7.19. The minimum Gasteiger partial charge on any atom is -0.465 e. The summed E-state index contributed by atoms with van der Waals surface area (Å²) in [4.78, 5) is 13.7. The summed E-state index contributed by atoms with van der Waals surface area (Å²) in [5, 5.41) is 9.47. The third kappa shape index (κ3) is 3.00. The third-order valence-electron chi connectivity index (χ3n) is 3.48. The van der Waals surface area contributed by atoms with Gasteiger partial charge in [0.2, 0.25) is 0 Å². The van der Waals surface area contributed by atoms with Crippen LogP contribution >= 0.6 is 11.8 Å². The number of aromatic nitrogens is 3. The average Bonchev–Trinajstić information content (AvgIpc) is 2.91. The molecule has 0 amide bonds. The molecule has 1 aromatic heterocycles. The van der Waals surface area contributed by atoms with Gasteiger partial charge in [-0.2, -0.15) is 0 Å². The minimum absolute atomic E-state index is 0.197. The third-order valence-corrected chi connectivity index (χ3v) is 4.53. The lowest BCUT2D eigenvalue weighted by Gasteiger charge is -2.26. The summed E-state index contributed by atoms with van der Waals surface area (Å²) >= 11 is 1.59. The molecule has 1 aliphatic rings. The van der Waals surface area contributed by atoms with Gasteiger partial charge in [0.05, 0.1) is 25.7 Å². The zero-order valence-corrected chi connectivity index (χ0v) is 13.5. The number of hydrogen-bond acceptors (Lipinski definition) is 6. The van der Waals surface area contributed by atoms with Crippen molar-refractivity contribution < 1.29 is 9.53 Å². The van der Waals surface area contributed by atoms with Gasteiger partial charge in [-0.25, -0.2) is 0 Å². The molecular weight excluding hydrogens is 300 g/mol. The molecule has 0 spiro atoms. The van der Waals surface area contributed by atoms with Crippen LogP contribution in [0.4, 0.5) is 0 Å². The fourth-order valence-electron chi connectivity index (χ4n) is 2.42. The van der Waals surface area contributed by atoms with E-state index in [-0.39, 0.29) is 12.5 Å². The van der Waals surface area contributed by atoms with E-state index in [0.29, 0.717) is 19.2 Å². The minimum atomic E-state index is -0.197. The van der Waals surface area contributed by atoms with Crippen molar-refractivity contribution in [3.63, 3.8) is 0 Å². The van der Waals surface area contributed by atoms with Crippen molar-refractivity contribution in [2.45, 2.75) is 25.7 Å². The maximum Gasteiger partial charge on any atom is 0.320 e. The summed E-state index contributed by atoms with van der Waals surface area (Å²) in [6.07, 6.45) is 0. The largest absolute Gasteiger partial charge is 0.465 e. The highest BCUT2D eigenvalue weighted by Gasteiger charge is 2.24. The zero-order valence-electron chi connectivity index (χ0n) is 12.7. The molecule has 2 aromatic rings. The van der Waals surface area contributed by atoms with Gasteiger partial charge in [0, 0.05) is 5.56 Å². The second-order valence-electron chi connectivity index (χ2n) is 5.10. The Morgan fingerprint density at radius 3 is 2.95 bits per heavy atom. The fraction of sp³-hybridized carbons (Fsp3) is 0.400. The highest BCUT2D eigenvalue weighted by atomic mass is 32.2. The number of esters is 1. The van der Waals surface area contributed by atoms with Crippen LogP contribution in [-0.2, 0) is 16.2 Å². The van der Waals surface area contributed by atoms with Gasteiger partial charge in [0.25, 0.3) is 0 Å².